The van der Waals surface area contributed by atoms with Gasteiger partial charge in [0.05, 0.1) is 24.0 Å². The summed E-state index contributed by atoms with van der Waals surface area (Å²) < 4.78 is 7.32. The Kier molecular flexibility index (Phi) is 4.67. The molecule has 2 aromatic heterocycles. The van der Waals surface area contributed by atoms with Crippen LogP contribution in [0.15, 0.2) is 12.3 Å². The molecule has 2 N–H and O–H groups in total. The van der Waals surface area contributed by atoms with Gasteiger partial charge in [-0.15, -0.1) is 0 Å². The van der Waals surface area contributed by atoms with Crippen LogP contribution in [0.4, 0.5) is 5.82 Å². The monoisotopic (exact) mass is 342 g/mol. The van der Waals surface area contributed by atoms with Crippen LogP contribution in [0.1, 0.15) is 60.4 Å². The van der Waals surface area contributed by atoms with Gasteiger partial charge in [-0.3, -0.25) is 4.68 Å². The van der Waals surface area contributed by atoms with Crippen molar-refractivity contribution in [3.05, 3.63) is 35.0 Å². The summed E-state index contributed by atoms with van der Waals surface area (Å²) in [7, 11) is 3.68. The highest BCUT2D eigenvalue weighted by Gasteiger charge is 2.26. The zero-order valence-electron chi connectivity index (χ0n) is 15.0. The molecule has 4 rings (SSSR count). The predicted molar refractivity (Wildman–Crippen MR) is 95.2 cm³/mol. The number of ether oxygens (including phenoxy) is 1. The first-order valence-electron chi connectivity index (χ1n) is 9.10. The third-order valence-electron chi connectivity index (χ3n) is 5.28. The smallest absolute Gasteiger partial charge is 0.135 e. The molecule has 1 aliphatic heterocycles. The Hall–Kier alpha value is -1.99. The molecule has 0 aromatic carbocycles. The Bertz CT molecular complexity index is 737. The molecular weight excluding hydrogens is 316 g/mol. The van der Waals surface area contributed by atoms with Gasteiger partial charge in [-0.25, -0.2) is 9.97 Å². The van der Waals surface area contributed by atoms with E-state index in [1.165, 1.54) is 31.2 Å². The van der Waals surface area contributed by atoms with Crippen LogP contribution in [0.3, 0.4) is 0 Å². The lowest BCUT2D eigenvalue weighted by Gasteiger charge is -2.21. The molecule has 2 aromatic rings. The van der Waals surface area contributed by atoms with E-state index in [2.05, 4.69) is 15.7 Å². The number of anilines is 1. The fourth-order valence-corrected chi connectivity index (χ4v) is 3.93. The van der Waals surface area contributed by atoms with Crippen LogP contribution in [-0.2, 0) is 24.9 Å². The zero-order valence-corrected chi connectivity index (χ0v) is 15.0. The molecule has 134 valence electrons. The van der Waals surface area contributed by atoms with Gasteiger partial charge in [0.25, 0.3) is 0 Å². The van der Waals surface area contributed by atoms with Crippen LogP contribution in [-0.4, -0.2) is 33.5 Å². The molecular formula is C18H26N6O. The molecule has 1 saturated carbocycles. The lowest BCUT2D eigenvalue weighted by molar-refractivity contribution is 0.184. The highest BCUT2D eigenvalue weighted by Crippen LogP contribution is 2.35. The maximum atomic E-state index is 5.44. The van der Waals surface area contributed by atoms with Gasteiger partial charge in [0.2, 0.25) is 0 Å². The number of aryl methyl sites for hydroxylation is 1. The molecule has 25 heavy (non-hydrogen) atoms. The lowest BCUT2D eigenvalue weighted by Crippen LogP contribution is -2.22. The molecule has 7 nitrogen and oxygen atoms in total. The van der Waals surface area contributed by atoms with Gasteiger partial charge in [-0.1, -0.05) is 12.8 Å². The lowest BCUT2D eigenvalue weighted by atomic mass is 10.1. The number of hydrogen-bond acceptors (Lipinski definition) is 6. The summed E-state index contributed by atoms with van der Waals surface area (Å²) in [4.78, 5) is 9.81. The Morgan fingerprint density at radius 2 is 2.16 bits per heavy atom. The van der Waals surface area contributed by atoms with E-state index in [9.17, 15) is 0 Å². The van der Waals surface area contributed by atoms with Crippen LogP contribution in [0.25, 0.3) is 0 Å². The van der Waals surface area contributed by atoms with E-state index < -0.39 is 0 Å². The van der Waals surface area contributed by atoms with Gasteiger partial charge >= 0.3 is 0 Å². The molecule has 7 heteroatoms. The fraction of sp³-hybridized carbons (Fsp3) is 0.611. The van der Waals surface area contributed by atoms with E-state index in [1.807, 2.05) is 24.0 Å². The van der Waals surface area contributed by atoms with Crippen molar-refractivity contribution < 1.29 is 4.74 Å². The number of nitrogens with zero attached hydrogens (tertiary/aromatic N) is 4. The average Bonchev–Trinajstić information content (AvgIpc) is 3.35. The van der Waals surface area contributed by atoms with Gasteiger partial charge in [0.15, 0.2) is 0 Å². The second-order valence-corrected chi connectivity index (χ2v) is 6.97. The van der Waals surface area contributed by atoms with E-state index in [0.29, 0.717) is 12.5 Å². The molecule has 1 atom stereocenters. The SMILES string of the molecule is COC[C@H](Nc1nc(C2CCCC2)nc2c1CNC2)c1ccnn1C. The van der Waals surface area contributed by atoms with Crippen molar-refractivity contribution >= 4 is 5.82 Å². The summed E-state index contributed by atoms with van der Waals surface area (Å²) in [5.74, 6) is 2.45. The zero-order chi connectivity index (χ0) is 17.2. The quantitative estimate of drug-likeness (QED) is 0.839. The van der Waals surface area contributed by atoms with Crippen LogP contribution in [0, 0.1) is 0 Å². The largest absolute Gasteiger partial charge is 0.382 e. The summed E-state index contributed by atoms with van der Waals surface area (Å²) in [6.45, 7) is 2.20. The molecule has 1 aliphatic carbocycles. The van der Waals surface area contributed by atoms with Crippen molar-refractivity contribution in [2.75, 3.05) is 19.0 Å². The van der Waals surface area contributed by atoms with Gasteiger partial charge in [-0.2, -0.15) is 5.10 Å². The molecule has 3 heterocycles. The van der Waals surface area contributed by atoms with Crippen molar-refractivity contribution in [1.82, 2.24) is 25.1 Å². The molecule has 1 fully saturated rings. The second-order valence-electron chi connectivity index (χ2n) is 6.97. The standard InChI is InChI=1S/C18H26N6O/c1-24-16(7-8-20-24)15(11-25-2)22-18-13-9-19-10-14(13)21-17(23-18)12-5-3-4-6-12/h7-8,12,15,19H,3-6,9-11H2,1-2H3,(H,21,22,23)/t15-/m0/s1. The Balaban J connectivity index is 1.67. The Morgan fingerprint density at radius 1 is 1.32 bits per heavy atom. The van der Waals surface area contributed by atoms with E-state index in [-0.39, 0.29) is 6.04 Å². The third-order valence-corrected chi connectivity index (χ3v) is 5.28. The topological polar surface area (TPSA) is 76.9 Å². The predicted octanol–water partition coefficient (Wildman–Crippen LogP) is 2.27. The fourth-order valence-electron chi connectivity index (χ4n) is 3.93. The molecule has 0 radical (unpaired) electrons. The summed E-state index contributed by atoms with van der Waals surface area (Å²) in [6.07, 6.45) is 6.79. The third kappa shape index (κ3) is 3.26. The summed E-state index contributed by atoms with van der Waals surface area (Å²) in [6, 6.07) is 2.03. The van der Waals surface area contributed by atoms with E-state index in [0.717, 1.165) is 36.1 Å². The first-order chi connectivity index (χ1) is 12.3. The van der Waals surface area contributed by atoms with Crippen molar-refractivity contribution in [1.29, 1.82) is 0 Å². The first kappa shape index (κ1) is 16.5. The minimum absolute atomic E-state index is 0.00790. The van der Waals surface area contributed by atoms with Gasteiger partial charge in [0.1, 0.15) is 11.6 Å². The van der Waals surface area contributed by atoms with E-state index in [1.54, 1.807) is 7.11 Å². The van der Waals surface area contributed by atoms with Crippen LogP contribution < -0.4 is 10.6 Å². The van der Waals surface area contributed by atoms with Crippen molar-refractivity contribution in [3.63, 3.8) is 0 Å². The summed E-state index contributed by atoms with van der Waals surface area (Å²) >= 11 is 0. The van der Waals surface area contributed by atoms with Crippen LogP contribution >= 0.6 is 0 Å². The number of nitrogens with one attached hydrogen (secondary N) is 2. The molecule has 0 amide bonds. The molecule has 2 aliphatic rings. The maximum Gasteiger partial charge on any atom is 0.135 e. The molecule has 0 bridgehead atoms. The number of aromatic nitrogens is 4. The second kappa shape index (κ2) is 7.09. The van der Waals surface area contributed by atoms with Crippen molar-refractivity contribution in [3.8, 4) is 0 Å². The van der Waals surface area contributed by atoms with Gasteiger partial charge in [-0.05, 0) is 18.9 Å². The van der Waals surface area contributed by atoms with Gasteiger partial charge in [0, 0.05) is 44.9 Å². The van der Waals surface area contributed by atoms with Crippen molar-refractivity contribution in [2.45, 2.75) is 50.7 Å². The summed E-state index contributed by atoms with van der Waals surface area (Å²) in [5, 5.41) is 11.3. The summed E-state index contributed by atoms with van der Waals surface area (Å²) in [5.41, 5.74) is 3.41. The number of fused-ring (bicyclic) bond motifs is 1. The highest BCUT2D eigenvalue weighted by atomic mass is 16.5. The maximum absolute atomic E-state index is 5.44. The van der Waals surface area contributed by atoms with E-state index in [4.69, 9.17) is 14.7 Å². The average molecular weight is 342 g/mol. The van der Waals surface area contributed by atoms with Gasteiger partial charge < -0.3 is 15.4 Å². The van der Waals surface area contributed by atoms with Crippen LogP contribution in [0.5, 0.6) is 0 Å². The highest BCUT2D eigenvalue weighted by molar-refractivity contribution is 5.50. The van der Waals surface area contributed by atoms with E-state index >= 15 is 0 Å². The number of rotatable bonds is 6. The Morgan fingerprint density at radius 3 is 2.88 bits per heavy atom. The molecule has 0 unspecified atom stereocenters. The first-order valence-corrected chi connectivity index (χ1v) is 9.10. The number of hydrogen-bond donors (Lipinski definition) is 2. The normalized spacial score (nSPS) is 18.5. The minimum atomic E-state index is 0.00790. The van der Waals surface area contributed by atoms with Crippen LogP contribution in [0.2, 0.25) is 0 Å². The van der Waals surface area contributed by atoms with Crippen molar-refractivity contribution in [2.24, 2.45) is 7.05 Å². The Labute approximate surface area is 148 Å². The minimum Gasteiger partial charge on any atom is -0.382 e. The number of methoxy groups -OCH3 is 1. The molecule has 0 spiro atoms. The molecule has 0 saturated heterocycles.